The predicted molar refractivity (Wildman–Crippen MR) is 153 cm³/mol. The summed E-state index contributed by atoms with van der Waals surface area (Å²) < 4.78 is 3.37. The Balaban J connectivity index is 1.42. The third-order valence-electron chi connectivity index (χ3n) is 8.19. The number of benzene rings is 1. The normalized spacial score (nSPS) is 17.9. The zero-order valence-electron chi connectivity index (χ0n) is 22.7. The summed E-state index contributed by atoms with van der Waals surface area (Å²) in [5.74, 6) is 0. The van der Waals surface area contributed by atoms with Crippen LogP contribution >= 0.6 is 11.3 Å². The number of anilines is 2. The highest BCUT2D eigenvalue weighted by atomic mass is 32.1. The summed E-state index contributed by atoms with van der Waals surface area (Å²) in [6.07, 6.45) is 6.93. The average Bonchev–Trinajstić information content (AvgIpc) is 3.50. The molecule has 4 aromatic rings. The lowest BCUT2D eigenvalue weighted by atomic mass is 9.86. The summed E-state index contributed by atoms with van der Waals surface area (Å²) in [6, 6.07) is 8.18. The first-order valence-corrected chi connectivity index (χ1v) is 14.0. The van der Waals surface area contributed by atoms with Gasteiger partial charge in [-0.05, 0) is 65.5 Å². The number of aromatic nitrogens is 3. The lowest BCUT2D eigenvalue weighted by Crippen LogP contribution is -2.31. The van der Waals surface area contributed by atoms with Crippen LogP contribution in [-0.2, 0) is 40.0 Å². The summed E-state index contributed by atoms with van der Waals surface area (Å²) in [5, 5.41) is 22.0. The number of pyridine rings is 1. The SMILES string of the molecule is Cc1c(Nc2cc(-c3cccc(C4NCCc5c4sc4c5CC(C)(C)C4)c3CO)cn(C)c2=O)cnn1C. The second-order valence-electron chi connectivity index (χ2n) is 11.5. The lowest BCUT2D eigenvalue weighted by molar-refractivity contribution is 0.280. The summed E-state index contributed by atoms with van der Waals surface area (Å²) >= 11 is 1.95. The van der Waals surface area contributed by atoms with Crippen LogP contribution in [0.25, 0.3) is 11.1 Å². The quantitative estimate of drug-likeness (QED) is 0.348. The van der Waals surface area contributed by atoms with Crippen LogP contribution in [0, 0.1) is 12.3 Å². The van der Waals surface area contributed by atoms with E-state index in [1.54, 1.807) is 28.1 Å². The van der Waals surface area contributed by atoms with Gasteiger partial charge in [0.05, 0.1) is 30.2 Å². The van der Waals surface area contributed by atoms with Crippen LogP contribution in [0.1, 0.15) is 57.6 Å². The maximum absolute atomic E-state index is 13.0. The van der Waals surface area contributed by atoms with E-state index in [-0.39, 0.29) is 18.2 Å². The number of nitrogens with zero attached hydrogens (tertiary/aromatic N) is 3. The molecule has 1 atom stereocenters. The van der Waals surface area contributed by atoms with Crippen molar-refractivity contribution in [2.24, 2.45) is 19.5 Å². The van der Waals surface area contributed by atoms with Gasteiger partial charge in [-0.25, -0.2) is 0 Å². The first-order chi connectivity index (χ1) is 18.2. The number of fused-ring (bicyclic) bond motifs is 3. The Bertz CT molecular complexity index is 1610. The molecule has 6 rings (SSSR count). The minimum absolute atomic E-state index is 0.0581. The molecule has 3 N–H and O–H groups in total. The van der Waals surface area contributed by atoms with E-state index in [4.69, 9.17) is 0 Å². The van der Waals surface area contributed by atoms with Crippen LogP contribution in [-0.4, -0.2) is 26.0 Å². The summed E-state index contributed by atoms with van der Waals surface area (Å²) in [7, 11) is 3.64. The first kappa shape index (κ1) is 25.1. The molecule has 1 aliphatic carbocycles. The Morgan fingerprint density at radius 2 is 2.03 bits per heavy atom. The van der Waals surface area contributed by atoms with Crippen LogP contribution in [0.4, 0.5) is 11.4 Å². The van der Waals surface area contributed by atoms with Crippen LogP contribution in [0.3, 0.4) is 0 Å². The molecule has 0 fully saturated rings. The van der Waals surface area contributed by atoms with E-state index in [0.29, 0.717) is 11.1 Å². The van der Waals surface area contributed by atoms with Crippen molar-refractivity contribution >= 4 is 22.7 Å². The van der Waals surface area contributed by atoms with Crippen LogP contribution in [0.5, 0.6) is 0 Å². The average molecular weight is 530 g/mol. The number of aryl methyl sites for hydroxylation is 2. The van der Waals surface area contributed by atoms with Gasteiger partial charge in [0, 0.05) is 42.2 Å². The molecule has 0 radical (unpaired) electrons. The largest absolute Gasteiger partial charge is 0.392 e. The molecule has 0 saturated carbocycles. The summed E-state index contributed by atoms with van der Waals surface area (Å²) in [6.45, 7) is 7.54. The summed E-state index contributed by atoms with van der Waals surface area (Å²) in [5.41, 5.74) is 9.36. The van der Waals surface area contributed by atoms with Gasteiger partial charge in [0.2, 0.25) is 0 Å². The smallest absolute Gasteiger partial charge is 0.274 e. The highest BCUT2D eigenvalue weighted by molar-refractivity contribution is 7.12. The number of hydrogen-bond acceptors (Lipinski definition) is 6. The fraction of sp³-hybridized carbons (Fsp3) is 0.400. The van der Waals surface area contributed by atoms with Crippen LogP contribution in [0.2, 0.25) is 0 Å². The molecule has 198 valence electrons. The van der Waals surface area contributed by atoms with Gasteiger partial charge in [0.1, 0.15) is 5.69 Å². The minimum atomic E-state index is -0.117. The van der Waals surface area contributed by atoms with Gasteiger partial charge in [0.25, 0.3) is 5.56 Å². The zero-order chi connectivity index (χ0) is 26.8. The van der Waals surface area contributed by atoms with Gasteiger partial charge in [-0.2, -0.15) is 5.10 Å². The standard InChI is InChI=1S/C30H35N5O2S/c1-17-25(14-32-35(17)5)33-24-11-18(15-34(4)29(24)37)19-7-6-8-20(23(19)16-36)27-28-21(9-10-31-27)22-12-30(2,3)13-26(22)38-28/h6-8,11,14-15,27,31,33,36H,9-10,12-13,16H2,1-5H3. The van der Waals surface area contributed by atoms with Crippen LogP contribution < -0.4 is 16.2 Å². The maximum Gasteiger partial charge on any atom is 0.274 e. The maximum atomic E-state index is 13.0. The number of rotatable bonds is 5. The van der Waals surface area contributed by atoms with Crippen molar-refractivity contribution in [1.82, 2.24) is 19.7 Å². The highest BCUT2D eigenvalue weighted by Gasteiger charge is 2.37. The van der Waals surface area contributed by atoms with E-state index in [2.05, 4.69) is 41.7 Å². The topological polar surface area (TPSA) is 84.1 Å². The predicted octanol–water partition coefficient (Wildman–Crippen LogP) is 4.75. The van der Waals surface area contributed by atoms with Crippen LogP contribution in [0.15, 0.2) is 41.5 Å². The Labute approximate surface area is 227 Å². The van der Waals surface area contributed by atoms with Crippen molar-refractivity contribution < 1.29 is 5.11 Å². The third-order valence-corrected chi connectivity index (χ3v) is 9.53. The Morgan fingerprint density at radius 1 is 1.21 bits per heavy atom. The molecule has 1 unspecified atom stereocenters. The van der Waals surface area contributed by atoms with Gasteiger partial charge in [-0.3, -0.25) is 9.48 Å². The molecule has 0 bridgehead atoms. The van der Waals surface area contributed by atoms with E-state index in [1.807, 2.05) is 43.6 Å². The van der Waals surface area contributed by atoms with E-state index < -0.39 is 0 Å². The molecule has 2 aliphatic rings. The minimum Gasteiger partial charge on any atom is -0.392 e. The van der Waals surface area contributed by atoms with E-state index in [9.17, 15) is 9.90 Å². The second-order valence-corrected chi connectivity index (χ2v) is 12.6. The zero-order valence-corrected chi connectivity index (χ0v) is 23.5. The number of aliphatic hydroxyl groups is 1. The van der Waals surface area contributed by atoms with Crippen molar-refractivity contribution in [2.75, 3.05) is 11.9 Å². The fourth-order valence-electron chi connectivity index (χ4n) is 6.13. The summed E-state index contributed by atoms with van der Waals surface area (Å²) in [4.78, 5) is 15.9. The van der Waals surface area contributed by atoms with E-state index in [1.165, 1.54) is 15.3 Å². The molecule has 0 spiro atoms. The lowest BCUT2D eigenvalue weighted by Gasteiger charge is -2.28. The molecule has 7 nitrogen and oxygen atoms in total. The number of thiophene rings is 1. The van der Waals surface area contributed by atoms with E-state index >= 15 is 0 Å². The van der Waals surface area contributed by atoms with Gasteiger partial charge in [-0.1, -0.05) is 32.0 Å². The molecule has 3 aromatic heterocycles. The van der Waals surface area contributed by atoms with Crippen molar-refractivity contribution in [3.8, 4) is 11.1 Å². The molecular weight excluding hydrogens is 494 g/mol. The Morgan fingerprint density at radius 3 is 2.76 bits per heavy atom. The van der Waals surface area contributed by atoms with Crippen molar-refractivity contribution in [2.45, 2.75) is 52.7 Å². The molecule has 4 heterocycles. The van der Waals surface area contributed by atoms with Gasteiger partial charge in [-0.15, -0.1) is 11.3 Å². The molecular formula is C30H35N5O2S. The second kappa shape index (κ2) is 9.22. The third kappa shape index (κ3) is 4.11. The molecule has 38 heavy (non-hydrogen) atoms. The van der Waals surface area contributed by atoms with Gasteiger partial charge >= 0.3 is 0 Å². The monoisotopic (exact) mass is 529 g/mol. The first-order valence-electron chi connectivity index (χ1n) is 13.2. The molecule has 0 amide bonds. The Kier molecular flexibility index (Phi) is 6.09. The number of nitrogens with one attached hydrogen (secondary N) is 2. The highest BCUT2D eigenvalue weighted by Crippen LogP contribution is 2.48. The molecule has 8 heteroatoms. The molecule has 0 saturated heterocycles. The van der Waals surface area contributed by atoms with E-state index in [0.717, 1.165) is 59.4 Å². The van der Waals surface area contributed by atoms with Crippen molar-refractivity contribution in [1.29, 1.82) is 0 Å². The van der Waals surface area contributed by atoms with Crippen molar-refractivity contribution in [3.05, 3.63) is 84.7 Å². The van der Waals surface area contributed by atoms with Crippen molar-refractivity contribution in [3.63, 3.8) is 0 Å². The van der Waals surface area contributed by atoms with Gasteiger partial charge in [0.15, 0.2) is 0 Å². The Hall–Kier alpha value is -3.20. The molecule has 1 aliphatic heterocycles. The van der Waals surface area contributed by atoms with Gasteiger partial charge < -0.3 is 20.3 Å². The fourth-order valence-corrected chi connectivity index (χ4v) is 7.85. The molecule has 1 aromatic carbocycles. The number of hydrogen-bond donors (Lipinski definition) is 3. The number of aliphatic hydroxyl groups excluding tert-OH is 1.